The third kappa shape index (κ3) is 5.99. The Morgan fingerprint density at radius 1 is 1.12 bits per heavy atom. The molecule has 0 radical (unpaired) electrons. The number of aromatic nitrogens is 4. The molecule has 0 saturated carbocycles. The monoisotopic (exact) mass is 510 g/mol. The van der Waals surface area contributed by atoms with Crippen LogP contribution in [-0.2, 0) is 0 Å². The molecule has 1 N–H and O–H groups in total. The van der Waals surface area contributed by atoms with Crippen LogP contribution in [0.15, 0.2) is 47.1 Å². The summed E-state index contributed by atoms with van der Waals surface area (Å²) >= 11 is 5.16. The Morgan fingerprint density at radius 2 is 2.03 bits per heavy atom. The zero-order chi connectivity index (χ0) is 23.2. The van der Waals surface area contributed by atoms with Crippen molar-refractivity contribution < 1.29 is 0 Å². The van der Waals surface area contributed by atoms with Crippen molar-refractivity contribution in [3.63, 3.8) is 0 Å². The molecule has 4 heterocycles. The number of hydrogen-bond donors (Lipinski definition) is 1. The second-order valence-corrected chi connectivity index (χ2v) is 11.5. The van der Waals surface area contributed by atoms with Gasteiger partial charge in [0.2, 0.25) is 11.9 Å². The summed E-state index contributed by atoms with van der Waals surface area (Å²) in [6, 6.07) is 2.23. The molecule has 2 aromatic rings. The third-order valence-corrected chi connectivity index (χ3v) is 9.09. The lowest BCUT2D eigenvalue weighted by Crippen LogP contribution is -2.47. The van der Waals surface area contributed by atoms with Gasteiger partial charge in [-0.1, -0.05) is 42.1 Å². The molecule has 2 unspecified atom stereocenters. The predicted octanol–water partition coefficient (Wildman–Crippen LogP) is 4.78. The summed E-state index contributed by atoms with van der Waals surface area (Å²) in [5, 5.41) is 16.7. The first-order valence-electron chi connectivity index (χ1n) is 11.4. The van der Waals surface area contributed by atoms with Crippen LogP contribution in [0.25, 0.3) is 0 Å². The third-order valence-electron chi connectivity index (χ3n) is 5.75. The van der Waals surface area contributed by atoms with Crippen LogP contribution >= 0.6 is 34.9 Å². The summed E-state index contributed by atoms with van der Waals surface area (Å²) < 4.78 is 0. The molecule has 2 aliphatic heterocycles. The SMILES string of the molecule is N#CCCN1CCN(c2nc(Nc3ncc(C4CC=CS4)s3)nc(SC3C=CC=CC3)n2)CC1. The van der Waals surface area contributed by atoms with Crippen LogP contribution in [0, 0.1) is 11.3 Å². The van der Waals surface area contributed by atoms with E-state index in [1.165, 1.54) is 4.88 Å². The molecule has 11 heteroatoms. The Balaban J connectivity index is 1.32. The maximum Gasteiger partial charge on any atom is 0.234 e. The van der Waals surface area contributed by atoms with Crippen molar-refractivity contribution in [2.24, 2.45) is 0 Å². The van der Waals surface area contributed by atoms with E-state index in [9.17, 15) is 0 Å². The van der Waals surface area contributed by atoms with E-state index in [1.54, 1.807) is 23.1 Å². The van der Waals surface area contributed by atoms with Crippen LogP contribution < -0.4 is 10.2 Å². The van der Waals surface area contributed by atoms with Gasteiger partial charge in [-0.2, -0.15) is 20.2 Å². The number of hydrogen-bond acceptors (Lipinski definition) is 11. The molecule has 176 valence electrons. The summed E-state index contributed by atoms with van der Waals surface area (Å²) in [6.07, 6.45) is 15.3. The molecule has 1 fully saturated rings. The summed E-state index contributed by atoms with van der Waals surface area (Å²) in [5.74, 6) is 1.23. The van der Waals surface area contributed by atoms with Gasteiger partial charge in [0.15, 0.2) is 10.3 Å². The van der Waals surface area contributed by atoms with Crippen LogP contribution in [0.5, 0.6) is 0 Å². The minimum absolute atomic E-state index is 0.314. The highest BCUT2D eigenvalue weighted by atomic mass is 32.2. The number of allylic oxidation sites excluding steroid dienone is 4. The van der Waals surface area contributed by atoms with E-state index in [0.29, 0.717) is 28.8 Å². The first kappa shape index (κ1) is 23.4. The number of piperazine rings is 1. The van der Waals surface area contributed by atoms with E-state index < -0.39 is 0 Å². The number of nitriles is 1. The molecule has 0 bridgehead atoms. The second-order valence-electron chi connectivity index (χ2n) is 8.11. The first-order valence-corrected chi connectivity index (χ1v) is 14.0. The average Bonchev–Trinajstić information content (AvgIpc) is 3.56. The van der Waals surface area contributed by atoms with Crippen molar-refractivity contribution >= 4 is 51.9 Å². The molecule has 2 atom stereocenters. The van der Waals surface area contributed by atoms with Gasteiger partial charge in [-0.15, -0.1) is 23.1 Å². The van der Waals surface area contributed by atoms with Crippen LogP contribution in [0.1, 0.15) is 29.4 Å². The van der Waals surface area contributed by atoms with Gasteiger partial charge in [-0.05, 0) is 18.2 Å². The number of thioether (sulfide) groups is 2. The smallest absolute Gasteiger partial charge is 0.234 e. The molecule has 1 saturated heterocycles. The minimum atomic E-state index is 0.314. The standard InChI is InChI=1S/C23H26N8S3/c24-9-5-10-30-11-13-31(14-12-30)21-26-20(28-23(29-21)33-17-6-2-1-3-7-17)27-22-25-16-19(34-22)18-8-4-15-32-18/h1-4,6,15-18H,5,7-8,10-14H2,(H,25,26,27,28,29). The molecule has 2 aromatic heterocycles. The average molecular weight is 511 g/mol. The molecule has 1 aliphatic carbocycles. The molecule has 8 nitrogen and oxygen atoms in total. The van der Waals surface area contributed by atoms with Gasteiger partial charge in [0.25, 0.3) is 0 Å². The molecular weight excluding hydrogens is 485 g/mol. The maximum absolute atomic E-state index is 8.87. The number of anilines is 3. The van der Waals surface area contributed by atoms with E-state index >= 15 is 0 Å². The van der Waals surface area contributed by atoms with Crippen LogP contribution in [0.2, 0.25) is 0 Å². The van der Waals surface area contributed by atoms with Crippen LogP contribution in [-0.4, -0.2) is 62.8 Å². The molecule has 0 amide bonds. The van der Waals surface area contributed by atoms with Crippen molar-refractivity contribution in [2.75, 3.05) is 42.9 Å². The van der Waals surface area contributed by atoms with Gasteiger partial charge in [0, 0.05) is 60.7 Å². The van der Waals surface area contributed by atoms with Gasteiger partial charge in [0.1, 0.15) is 0 Å². The highest BCUT2D eigenvalue weighted by Gasteiger charge is 2.22. The molecule has 5 rings (SSSR count). The van der Waals surface area contributed by atoms with Crippen molar-refractivity contribution in [1.29, 1.82) is 5.26 Å². The van der Waals surface area contributed by atoms with Gasteiger partial charge in [-0.25, -0.2) is 4.98 Å². The summed E-state index contributed by atoms with van der Waals surface area (Å²) in [5.41, 5.74) is 0. The van der Waals surface area contributed by atoms with E-state index in [4.69, 9.17) is 20.2 Å². The first-order chi connectivity index (χ1) is 16.8. The molecular formula is C23H26N8S3. The summed E-state index contributed by atoms with van der Waals surface area (Å²) in [4.78, 5) is 24.7. The fourth-order valence-corrected chi connectivity index (χ4v) is 6.78. The summed E-state index contributed by atoms with van der Waals surface area (Å²) in [6.45, 7) is 4.28. The maximum atomic E-state index is 8.87. The Bertz CT molecular complexity index is 1110. The van der Waals surface area contributed by atoms with E-state index in [-0.39, 0.29) is 0 Å². The fraction of sp³-hybridized carbons (Fsp3) is 0.435. The topological polar surface area (TPSA) is 93.9 Å². The van der Waals surface area contributed by atoms with E-state index in [1.807, 2.05) is 18.0 Å². The zero-order valence-corrected chi connectivity index (χ0v) is 21.2. The van der Waals surface area contributed by atoms with Crippen molar-refractivity contribution in [3.05, 3.63) is 46.9 Å². The van der Waals surface area contributed by atoms with Crippen LogP contribution in [0.3, 0.4) is 0 Å². The van der Waals surface area contributed by atoms with E-state index in [0.717, 1.165) is 55.9 Å². The number of nitrogens with zero attached hydrogens (tertiary/aromatic N) is 7. The molecule has 0 aromatic carbocycles. The lowest BCUT2D eigenvalue weighted by molar-refractivity contribution is 0.262. The molecule has 0 spiro atoms. The number of nitrogens with one attached hydrogen (secondary N) is 1. The Hall–Kier alpha value is -2.39. The quantitative estimate of drug-likeness (QED) is 0.535. The van der Waals surface area contributed by atoms with E-state index in [2.05, 4.69) is 62.0 Å². The Morgan fingerprint density at radius 3 is 2.79 bits per heavy atom. The normalized spacial score (nSPS) is 22.3. The fourth-order valence-electron chi connectivity index (χ4n) is 3.91. The van der Waals surface area contributed by atoms with Crippen molar-refractivity contribution in [2.45, 2.75) is 34.9 Å². The largest absolute Gasteiger partial charge is 0.338 e. The highest BCUT2D eigenvalue weighted by molar-refractivity contribution is 8.02. The van der Waals surface area contributed by atoms with Gasteiger partial charge >= 0.3 is 0 Å². The van der Waals surface area contributed by atoms with Gasteiger partial charge in [0.05, 0.1) is 6.07 Å². The number of thiazole rings is 1. The molecule has 34 heavy (non-hydrogen) atoms. The lowest BCUT2D eigenvalue weighted by atomic mass is 10.2. The van der Waals surface area contributed by atoms with Crippen molar-refractivity contribution in [1.82, 2.24) is 24.8 Å². The lowest BCUT2D eigenvalue weighted by Gasteiger charge is -2.34. The number of rotatable bonds is 8. The Kier molecular flexibility index (Phi) is 7.80. The summed E-state index contributed by atoms with van der Waals surface area (Å²) in [7, 11) is 0. The highest BCUT2D eigenvalue weighted by Crippen LogP contribution is 2.41. The minimum Gasteiger partial charge on any atom is -0.338 e. The Labute approximate surface area is 212 Å². The predicted molar refractivity (Wildman–Crippen MR) is 141 cm³/mol. The zero-order valence-electron chi connectivity index (χ0n) is 18.7. The second kappa shape index (κ2) is 11.4. The molecule has 3 aliphatic rings. The van der Waals surface area contributed by atoms with Crippen LogP contribution in [0.4, 0.5) is 17.0 Å². The van der Waals surface area contributed by atoms with Gasteiger partial charge in [-0.3, -0.25) is 10.2 Å². The van der Waals surface area contributed by atoms with Crippen molar-refractivity contribution in [3.8, 4) is 6.07 Å². The van der Waals surface area contributed by atoms with Gasteiger partial charge < -0.3 is 4.90 Å².